The summed E-state index contributed by atoms with van der Waals surface area (Å²) in [4.78, 5) is 32.9. The summed E-state index contributed by atoms with van der Waals surface area (Å²) in [5, 5.41) is 3.65. The van der Waals surface area contributed by atoms with Crippen LogP contribution in [0.3, 0.4) is 0 Å². The van der Waals surface area contributed by atoms with Crippen LogP contribution in [0, 0.1) is 0 Å². The van der Waals surface area contributed by atoms with Crippen LogP contribution in [0.25, 0.3) is 10.2 Å². The van der Waals surface area contributed by atoms with Crippen molar-refractivity contribution in [2.45, 2.75) is 43.5 Å². The second-order valence-corrected chi connectivity index (χ2v) is 8.62. The number of rotatable bonds is 5. The van der Waals surface area contributed by atoms with Crippen molar-refractivity contribution in [2.75, 3.05) is 11.6 Å². The topological polar surface area (TPSA) is 64.0 Å². The SMILES string of the molecule is CSc1ccc(NC(=O)CCn2cnc3sc4c(c3c2=O)CCCC4)cc1. The minimum atomic E-state index is -0.105. The van der Waals surface area contributed by atoms with Crippen LogP contribution in [0.15, 0.2) is 40.3 Å². The molecule has 140 valence electrons. The Morgan fingerprint density at radius 3 is 2.81 bits per heavy atom. The smallest absolute Gasteiger partial charge is 0.262 e. The standard InChI is InChI=1S/C20H21N3O2S2/c1-26-14-8-6-13(7-9-14)22-17(24)10-11-23-12-21-19-18(20(23)25)15-4-2-3-5-16(15)27-19/h6-9,12H,2-5,10-11H2,1H3,(H,22,24). The van der Waals surface area contributed by atoms with Gasteiger partial charge in [0.2, 0.25) is 5.91 Å². The number of hydrogen-bond acceptors (Lipinski definition) is 5. The Morgan fingerprint density at radius 1 is 1.26 bits per heavy atom. The van der Waals surface area contributed by atoms with E-state index in [-0.39, 0.29) is 17.9 Å². The van der Waals surface area contributed by atoms with Crippen molar-refractivity contribution >= 4 is 44.9 Å². The van der Waals surface area contributed by atoms with Crippen LogP contribution in [0.2, 0.25) is 0 Å². The Bertz CT molecular complexity index is 1040. The van der Waals surface area contributed by atoms with Crippen LogP contribution in [-0.4, -0.2) is 21.7 Å². The van der Waals surface area contributed by atoms with Crippen LogP contribution in [0.1, 0.15) is 29.7 Å². The van der Waals surface area contributed by atoms with Gasteiger partial charge in [-0.25, -0.2) is 4.98 Å². The molecule has 1 N–H and O–H groups in total. The fourth-order valence-corrected chi connectivity index (χ4v) is 5.09. The molecular formula is C20H21N3O2S2. The first kappa shape index (κ1) is 18.3. The van der Waals surface area contributed by atoms with E-state index in [2.05, 4.69) is 10.3 Å². The summed E-state index contributed by atoms with van der Waals surface area (Å²) in [6.07, 6.45) is 8.16. The third-order valence-electron chi connectivity index (χ3n) is 4.90. The number of hydrogen-bond donors (Lipinski definition) is 1. The molecule has 0 aliphatic heterocycles. The van der Waals surface area contributed by atoms with E-state index in [1.165, 1.54) is 16.9 Å². The van der Waals surface area contributed by atoms with E-state index < -0.39 is 0 Å². The number of nitrogens with one attached hydrogen (secondary N) is 1. The third-order valence-corrected chi connectivity index (χ3v) is 6.84. The van der Waals surface area contributed by atoms with E-state index >= 15 is 0 Å². The second kappa shape index (κ2) is 7.86. The molecular weight excluding hydrogens is 378 g/mol. The molecule has 0 saturated heterocycles. The van der Waals surface area contributed by atoms with Gasteiger partial charge < -0.3 is 5.32 Å². The van der Waals surface area contributed by atoms with Crippen molar-refractivity contribution in [1.29, 1.82) is 0 Å². The minimum absolute atomic E-state index is 0.0171. The van der Waals surface area contributed by atoms with Crippen molar-refractivity contribution in [3.8, 4) is 0 Å². The molecule has 4 rings (SSSR count). The van der Waals surface area contributed by atoms with E-state index in [0.717, 1.165) is 40.1 Å². The molecule has 0 bridgehead atoms. The first-order chi connectivity index (χ1) is 13.2. The van der Waals surface area contributed by atoms with Gasteiger partial charge in [-0.05, 0) is 61.8 Å². The predicted molar refractivity (Wildman–Crippen MR) is 112 cm³/mol. The second-order valence-electron chi connectivity index (χ2n) is 6.66. The molecule has 3 aromatic rings. The maximum absolute atomic E-state index is 12.9. The number of benzene rings is 1. The highest BCUT2D eigenvalue weighted by Crippen LogP contribution is 2.33. The number of nitrogens with zero attached hydrogens (tertiary/aromatic N) is 2. The van der Waals surface area contributed by atoms with Crippen molar-refractivity contribution in [2.24, 2.45) is 0 Å². The highest BCUT2D eigenvalue weighted by molar-refractivity contribution is 7.98. The van der Waals surface area contributed by atoms with Crippen LogP contribution in [0.4, 0.5) is 5.69 Å². The number of amides is 1. The van der Waals surface area contributed by atoms with Crippen molar-refractivity contribution in [3.63, 3.8) is 0 Å². The van der Waals surface area contributed by atoms with Crippen LogP contribution in [0.5, 0.6) is 0 Å². The number of fused-ring (bicyclic) bond motifs is 3. The number of aromatic nitrogens is 2. The van der Waals surface area contributed by atoms with Gasteiger partial charge in [0.05, 0.1) is 11.7 Å². The summed E-state index contributed by atoms with van der Waals surface area (Å²) in [5.41, 5.74) is 1.94. The molecule has 1 aliphatic carbocycles. The van der Waals surface area contributed by atoms with Crippen LogP contribution in [-0.2, 0) is 24.2 Å². The van der Waals surface area contributed by atoms with Crippen LogP contribution < -0.4 is 10.9 Å². The zero-order valence-electron chi connectivity index (χ0n) is 15.2. The maximum Gasteiger partial charge on any atom is 0.262 e. The predicted octanol–water partition coefficient (Wildman–Crippen LogP) is 4.09. The molecule has 0 radical (unpaired) electrons. The third kappa shape index (κ3) is 3.80. The number of carbonyl (C=O) groups excluding carboxylic acids is 1. The average molecular weight is 400 g/mol. The molecule has 1 aromatic carbocycles. The fraction of sp³-hybridized carbons (Fsp3) is 0.350. The van der Waals surface area contributed by atoms with Gasteiger partial charge in [0.1, 0.15) is 4.83 Å². The number of thioether (sulfide) groups is 1. The summed E-state index contributed by atoms with van der Waals surface area (Å²) in [7, 11) is 0. The first-order valence-electron chi connectivity index (χ1n) is 9.09. The molecule has 2 heterocycles. The fourth-order valence-electron chi connectivity index (χ4n) is 3.46. The maximum atomic E-state index is 12.9. The largest absolute Gasteiger partial charge is 0.326 e. The molecule has 1 amide bonds. The minimum Gasteiger partial charge on any atom is -0.326 e. The van der Waals surface area contributed by atoms with E-state index in [0.29, 0.717) is 6.54 Å². The lowest BCUT2D eigenvalue weighted by Gasteiger charge is -2.10. The number of thiophene rings is 1. The molecule has 5 nitrogen and oxygen atoms in total. The van der Waals surface area contributed by atoms with E-state index in [1.54, 1.807) is 34.0 Å². The van der Waals surface area contributed by atoms with Crippen LogP contribution >= 0.6 is 23.1 Å². The number of aryl methyl sites for hydroxylation is 3. The molecule has 0 atom stereocenters. The van der Waals surface area contributed by atoms with Gasteiger partial charge in [-0.3, -0.25) is 14.2 Å². The summed E-state index contributed by atoms with van der Waals surface area (Å²) < 4.78 is 1.57. The first-order valence-corrected chi connectivity index (χ1v) is 11.1. The highest BCUT2D eigenvalue weighted by Gasteiger charge is 2.20. The Morgan fingerprint density at radius 2 is 2.04 bits per heavy atom. The normalized spacial score (nSPS) is 13.5. The van der Waals surface area contributed by atoms with E-state index in [4.69, 9.17) is 0 Å². The highest BCUT2D eigenvalue weighted by atomic mass is 32.2. The summed E-state index contributed by atoms with van der Waals surface area (Å²) in [6, 6.07) is 7.73. The van der Waals surface area contributed by atoms with Gasteiger partial charge in [0.25, 0.3) is 5.56 Å². The van der Waals surface area contributed by atoms with Crippen molar-refractivity contribution in [1.82, 2.24) is 9.55 Å². The Balaban J connectivity index is 1.47. The lowest BCUT2D eigenvalue weighted by molar-refractivity contribution is -0.116. The number of anilines is 1. The summed E-state index contributed by atoms with van der Waals surface area (Å²) >= 11 is 3.31. The molecule has 27 heavy (non-hydrogen) atoms. The van der Waals surface area contributed by atoms with Gasteiger partial charge in [-0.15, -0.1) is 23.1 Å². The zero-order valence-corrected chi connectivity index (χ0v) is 16.8. The Labute approximate surface area is 165 Å². The molecule has 7 heteroatoms. The van der Waals surface area contributed by atoms with Gasteiger partial charge in [-0.2, -0.15) is 0 Å². The molecule has 0 fully saturated rings. The van der Waals surface area contributed by atoms with Gasteiger partial charge >= 0.3 is 0 Å². The Hall–Kier alpha value is -2.12. The van der Waals surface area contributed by atoms with E-state index in [9.17, 15) is 9.59 Å². The van der Waals surface area contributed by atoms with Gasteiger partial charge in [0, 0.05) is 28.4 Å². The lowest BCUT2D eigenvalue weighted by Crippen LogP contribution is -2.24. The summed E-state index contributed by atoms with van der Waals surface area (Å²) in [5.74, 6) is -0.105. The zero-order chi connectivity index (χ0) is 18.8. The molecule has 0 spiro atoms. The van der Waals surface area contributed by atoms with Crippen molar-refractivity contribution < 1.29 is 4.79 Å². The molecule has 0 unspecified atom stereocenters. The molecule has 2 aromatic heterocycles. The molecule has 0 saturated carbocycles. The number of carbonyl (C=O) groups is 1. The van der Waals surface area contributed by atoms with Gasteiger partial charge in [-0.1, -0.05) is 0 Å². The quantitative estimate of drug-likeness (QED) is 0.657. The average Bonchev–Trinajstić information content (AvgIpc) is 3.07. The van der Waals surface area contributed by atoms with Crippen molar-refractivity contribution in [3.05, 3.63) is 51.4 Å². The monoisotopic (exact) mass is 399 g/mol. The lowest BCUT2D eigenvalue weighted by atomic mass is 9.97. The molecule has 1 aliphatic rings. The van der Waals surface area contributed by atoms with Gasteiger partial charge in [0.15, 0.2) is 0 Å². The Kier molecular flexibility index (Phi) is 5.31. The van der Waals surface area contributed by atoms with E-state index in [1.807, 2.05) is 30.5 Å². The summed E-state index contributed by atoms with van der Waals surface area (Å²) in [6.45, 7) is 0.334.